The molecule has 0 radical (unpaired) electrons. The van der Waals surface area contributed by atoms with Crippen molar-refractivity contribution >= 4 is 30.0 Å². The van der Waals surface area contributed by atoms with E-state index in [9.17, 15) is 9.59 Å². The number of hydrogen-bond acceptors (Lipinski definition) is 6. The number of carbonyl (C=O) groups is 2. The standard InChI is InChI=1S/C17H21N3O4S/c21-16(20-12-25-11-14(20)9-18-23)15-7-4-8-19(15)17(22)24-10-13-5-2-1-3-6-13/h1-3,5-6,9,14-15,23H,4,7-8,10-12H2/t14-,15+/m1/s1. The summed E-state index contributed by atoms with van der Waals surface area (Å²) in [5.41, 5.74) is 0.910. The molecule has 0 aliphatic carbocycles. The second kappa shape index (κ2) is 8.24. The smallest absolute Gasteiger partial charge is 0.410 e. The van der Waals surface area contributed by atoms with Gasteiger partial charge in [0.05, 0.1) is 18.1 Å². The number of oxime groups is 1. The van der Waals surface area contributed by atoms with Crippen molar-refractivity contribution in [2.45, 2.75) is 31.5 Å². The molecule has 2 atom stereocenters. The number of rotatable bonds is 4. The van der Waals surface area contributed by atoms with Crippen LogP contribution in [0.3, 0.4) is 0 Å². The molecule has 7 nitrogen and oxygen atoms in total. The Bertz CT molecular complexity index is 640. The van der Waals surface area contributed by atoms with E-state index in [1.807, 2.05) is 30.3 Å². The maximum absolute atomic E-state index is 12.8. The van der Waals surface area contributed by atoms with Gasteiger partial charge in [-0.15, -0.1) is 11.8 Å². The van der Waals surface area contributed by atoms with E-state index >= 15 is 0 Å². The van der Waals surface area contributed by atoms with Crippen LogP contribution in [0.15, 0.2) is 35.5 Å². The van der Waals surface area contributed by atoms with Crippen molar-refractivity contribution in [2.75, 3.05) is 18.2 Å². The van der Waals surface area contributed by atoms with Crippen LogP contribution in [-0.4, -0.2) is 63.5 Å². The number of nitrogens with zero attached hydrogens (tertiary/aromatic N) is 3. The van der Waals surface area contributed by atoms with Crippen LogP contribution in [0.25, 0.3) is 0 Å². The molecule has 0 unspecified atom stereocenters. The highest BCUT2D eigenvalue weighted by Gasteiger charge is 2.40. The van der Waals surface area contributed by atoms with Crippen molar-refractivity contribution < 1.29 is 19.5 Å². The average Bonchev–Trinajstić information content (AvgIpc) is 3.30. The Kier molecular flexibility index (Phi) is 5.80. The second-order valence-electron chi connectivity index (χ2n) is 6.03. The van der Waals surface area contributed by atoms with Crippen molar-refractivity contribution in [3.8, 4) is 0 Å². The van der Waals surface area contributed by atoms with Gasteiger partial charge in [0.1, 0.15) is 12.6 Å². The minimum absolute atomic E-state index is 0.107. The summed E-state index contributed by atoms with van der Waals surface area (Å²) < 4.78 is 5.37. The fourth-order valence-corrected chi connectivity index (χ4v) is 4.25. The van der Waals surface area contributed by atoms with Crippen LogP contribution in [0.2, 0.25) is 0 Å². The summed E-state index contributed by atoms with van der Waals surface area (Å²) in [5.74, 6) is 1.13. The molecule has 2 aliphatic heterocycles. The molecule has 0 bridgehead atoms. The first-order valence-corrected chi connectivity index (χ1v) is 9.39. The predicted octanol–water partition coefficient (Wildman–Crippen LogP) is 2.15. The molecule has 0 spiro atoms. The van der Waals surface area contributed by atoms with Crippen LogP contribution in [0.5, 0.6) is 0 Å². The van der Waals surface area contributed by atoms with Crippen LogP contribution in [-0.2, 0) is 16.1 Å². The van der Waals surface area contributed by atoms with Crippen LogP contribution in [0.1, 0.15) is 18.4 Å². The lowest BCUT2D eigenvalue weighted by atomic mass is 10.1. The third kappa shape index (κ3) is 4.07. The van der Waals surface area contributed by atoms with Crippen LogP contribution in [0.4, 0.5) is 4.79 Å². The predicted molar refractivity (Wildman–Crippen MR) is 94.6 cm³/mol. The summed E-state index contributed by atoms with van der Waals surface area (Å²) in [6, 6.07) is 8.72. The van der Waals surface area contributed by atoms with E-state index in [0.717, 1.165) is 12.0 Å². The van der Waals surface area contributed by atoms with Gasteiger partial charge in [-0.25, -0.2) is 4.79 Å². The Morgan fingerprint density at radius 3 is 2.88 bits per heavy atom. The van der Waals surface area contributed by atoms with Gasteiger partial charge in [0.2, 0.25) is 5.91 Å². The number of ether oxygens (including phenoxy) is 1. The number of carbonyl (C=O) groups excluding carboxylic acids is 2. The zero-order chi connectivity index (χ0) is 17.6. The van der Waals surface area contributed by atoms with Crippen LogP contribution in [0, 0.1) is 0 Å². The van der Waals surface area contributed by atoms with Gasteiger partial charge < -0.3 is 14.8 Å². The molecule has 0 saturated carbocycles. The number of likely N-dealkylation sites (tertiary alicyclic amines) is 1. The molecular weight excluding hydrogens is 342 g/mol. The topological polar surface area (TPSA) is 82.4 Å². The Balaban J connectivity index is 1.61. The first-order valence-electron chi connectivity index (χ1n) is 8.24. The molecule has 2 amide bonds. The van der Waals surface area contributed by atoms with Crippen molar-refractivity contribution in [1.82, 2.24) is 9.80 Å². The van der Waals surface area contributed by atoms with Crippen LogP contribution < -0.4 is 0 Å². The number of benzene rings is 1. The summed E-state index contributed by atoms with van der Waals surface area (Å²) in [4.78, 5) is 28.4. The largest absolute Gasteiger partial charge is 0.445 e. The Labute approximate surface area is 150 Å². The van der Waals surface area contributed by atoms with Gasteiger partial charge in [-0.05, 0) is 18.4 Å². The molecule has 1 aromatic carbocycles. The molecule has 2 heterocycles. The summed E-state index contributed by atoms with van der Waals surface area (Å²) in [6.45, 7) is 0.709. The average molecular weight is 363 g/mol. The van der Waals surface area contributed by atoms with Crippen molar-refractivity contribution in [2.24, 2.45) is 5.16 Å². The zero-order valence-electron chi connectivity index (χ0n) is 13.8. The third-order valence-corrected chi connectivity index (χ3v) is 5.46. The molecule has 0 aromatic heterocycles. The van der Waals surface area contributed by atoms with E-state index in [1.165, 1.54) is 11.1 Å². The maximum atomic E-state index is 12.8. The highest BCUT2D eigenvalue weighted by molar-refractivity contribution is 7.99. The maximum Gasteiger partial charge on any atom is 0.410 e. The van der Waals surface area contributed by atoms with E-state index in [-0.39, 0.29) is 18.6 Å². The number of amides is 2. The minimum atomic E-state index is -0.503. The summed E-state index contributed by atoms with van der Waals surface area (Å²) in [6.07, 6.45) is 2.31. The normalized spacial score (nSPS) is 23.4. The highest BCUT2D eigenvalue weighted by atomic mass is 32.2. The fourth-order valence-electron chi connectivity index (χ4n) is 3.12. The van der Waals surface area contributed by atoms with Gasteiger partial charge >= 0.3 is 6.09 Å². The number of thioether (sulfide) groups is 1. The van der Waals surface area contributed by atoms with Crippen molar-refractivity contribution in [1.29, 1.82) is 0 Å². The molecule has 3 rings (SSSR count). The molecule has 8 heteroatoms. The molecule has 2 aliphatic rings. The third-order valence-electron chi connectivity index (χ3n) is 4.42. The molecule has 2 saturated heterocycles. The molecular formula is C17H21N3O4S. The molecule has 1 N–H and O–H groups in total. The van der Waals surface area contributed by atoms with Gasteiger partial charge in [0, 0.05) is 12.3 Å². The van der Waals surface area contributed by atoms with Gasteiger partial charge in [0.25, 0.3) is 0 Å². The van der Waals surface area contributed by atoms with Crippen molar-refractivity contribution in [3.05, 3.63) is 35.9 Å². The lowest BCUT2D eigenvalue weighted by Gasteiger charge is -2.29. The van der Waals surface area contributed by atoms with Gasteiger partial charge in [-0.3, -0.25) is 9.69 Å². The molecule has 2 fully saturated rings. The fraction of sp³-hybridized carbons (Fsp3) is 0.471. The molecule has 1 aromatic rings. The number of hydrogen-bond donors (Lipinski definition) is 1. The minimum Gasteiger partial charge on any atom is -0.445 e. The van der Waals surface area contributed by atoms with E-state index in [0.29, 0.717) is 24.6 Å². The Morgan fingerprint density at radius 2 is 2.12 bits per heavy atom. The summed E-state index contributed by atoms with van der Waals surface area (Å²) >= 11 is 1.60. The lowest BCUT2D eigenvalue weighted by molar-refractivity contribution is -0.134. The zero-order valence-corrected chi connectivity index (χ0v) is 14.6. The summed E-state index contributed by atoms with van der Waals surface area (Å²) in [7, 11) is 0. The Hall–Kier alpha value is -2.22. The van der Waals surface area contributed by atoms with Gasteiger partial charge in [0.15, 0.2) is 0 Å². The highest BCUT2D eigenvalue weighted by Crippen LogP contribution is 2.26. The van der Waals surface area contributed by atoms with E-state index < -0.39 is 12.1 Å². The second-order valence-corrected chi connectivity index (χ2v) is 7.03. The molecule has 134 valence electrons. The van der Waals surface area contributed by atoms with Gasteiger partial charge in [-0.2, -0.15) is 0 Å². The van der Waals surface area contributed by atoms with E-state index in [4.69, 9.17) is 9.94 Å². The quantitative estimate of drug-likeness (QED) is 0.503. The Morgan fingerprint density at radius 1 is 1.32 bits per heavy atom. The monoisotopic (exact) mass is 363 g/mol. The van der Waals surface area contributed by atoms with E-state index in [2.05, 4.69) is 5.16 Å². The first-order chi connectivity index (χ1) is 12.2. The SMILES string of the molecule is O=C([C@@H]1CCCN1C(=O)OCc1ccccc1)N1CSC[C@H]1C=NO. The van der Waals surface area contributed by atoms with Gasteiger partial charge in [-0.1, -0.05) is 35.5 Å². The summed E-state index contributed by atoms with van der Waals surface area (Å²) in [5, 5.41) is 11.8. The van der Waals surface area contributed by atoms with Crippen LogP contribution >= 0.6 is 11.8 Å². The first kappa shape index (κ1) is 17.6. The van der Waals surface area contributed by atoms with E-state index in [1.54, 1.807) is 16.7 Å². The lowest BCUT2D eigenvalue weighted by Crippen LogP contribution is -2.50. The molecule has 25 heavy (non-hydrogen) atoms. The van der Waals surface area contributed by atoms with Crippen molar-refractivity contribution in [3.63, 3.8) is 0 Å².